The molecule has 1 fully saturated rings. The molecule has 0 aliphatic carbocycles. The fourth-order valence-corrected chi connectivity index (χ4v) is 3.37. The van der Waals surface area contributed by atoms with E-state index in [-0.39, 0.29) is 11.9 Å². The van der Waals surface area contributed by atoms with E-state index >= 15 is 0 Å². The van der Waals surface area contributed by atoms with Gasteiger partial charge in [0.1, 0.15) is 0 Å². The van der Waals surface area contributed by atoms with E-state index in [9.17, 15) is 4.79 Å². The molecule has 1 aromatic carbocycles. The van der Waals surface area contributed by atoms with Crippen LogP contribution in [0.3, 0.4) is 0 Å². The number of amides is 1. The number of nitrogens with zero attached hydrogens (tertiary/aromatic N) is 3. The zero-order valence-electron chi connectivity index (χ0n) is 14.4. The molecule has 5 nitrogen and oxygen atoms in total. The minimum Gasteiger partial charge on any atom is -0.379 e. The summed E-state index contributed by atoms with van der Waals surface area (Å²) in [6, 6.07) is 10.0. The van der Waals surface area contributed by atoms with Crippen LogP contribution < -0.4 is 0 Å². The van der Waals surface area contributed by atoms with Gasteiger partial charge in [0.15, 0.2) is 0 Å². The molecule has 0 bridgehead atoms. The largest absolute Gasteiger partial charge is 0.379 e. The molecule has 1 unspecified atom stereocenters. The third-order valence-corrected chi connectivity index (χ3v) is 4.68. The molecule has 5 heteroatoms. The maximum absolute atomic E-state index is 12.9. The third-order valence-electron chi connectivity index (χ3n) is 4.68. The maximum atomic E-state index is 12.9. The van der Waals surface area contributed by atoms with E-state index in [1.807, 2.05) is 30.1 Å². The van der Waals surface area contributed by atoms with Crippen LogP contribution in [0.2, 0.25) is 0 Å². The number of pyridine rings is 1. The Labute approximate surface area is 143 Å². The molecule has 24 heavy (non-hydrogen) atoms. The average molecular weight is 327 g/mol. The number of carbonyl (C=O) groups is 1. The van der Waals surface area contributed by atoms with Crippen LogP contribution in [0, 0.1) is 0 Å². The van der Waals surface area contributed by atoms with E-state index in [1.165, 1.54) is 0 Å². The molecule has 1 aromatic heterocycles. The molecule has 2 aromatic rings. The second kappa shape index (κ2) is 7.73. The lowest BCUT2D eigenvalue weighted by molar-refractivity contribution is -0.138. The van der Waals surface area contributed by atoms with Gasteiger partial charge in [-0.05, 0) is 24.1 Å². The van der Waals surface area contributed by atoms with Crippen LogP contribution in [0.5, 0.6) is 0 Å². The highest BCUT2D eigenvalue weighted by molar-refractivity contribution is 5.84. The van der Waals surface area contributed by atoms with Crippen molar-refractivity contribution < 1.29 is 9.53 Å². The van der Waals surface area contributed by atoms with Gasteiger partial charge in [-0.25, -0.2) is 0 Å². The normalized spacial score (nSPS) is 16.9. The number of hydrogen-bond acceptors (Lipinski definition) is 4. The van der Waals surface area contributed by atoms with Crippen molar-refractivity contribution in [2.24, 2.45) is 0 Å². The Balaban J connectivity index is 1.75. The van der Waals surface area contributed by atoms with Gasteiger partial charge in [-0.3, -0.25) is 14.7 Å². The van der Waals surface area contributed by atoms with Crippen LogP contribution in [0.15, 0.2) is 36.5 Å². The van der Waals surface area contributed by atoms with Gasteiger partial charge in [0.2, 0.25) is 5.91 Å². The Morgan fingerprint density at radius 1 is 1.29 bits per heavy atom. The predicted octanol–water partition coefficient (Wildman–Crippen LogP) is 2.30. The lowest BCUT2D eigenvalue weighted by Crippen LogP contribution is -2.51. The SMILES string of the molecule is CCC(C(=O)N(C)Cc1cccc2ncccc12)N1CCOCC1. The summed E-state index contributed by atoms with van der Waals surface area (Å²) in [6.07, 6.45) is 2.62. The smallest absolute Gasteiger partial charge is 0.239 e. The Morgan fingerprint density at radius 2 is 2.08 bits per heavy atom. The Bertz CT molecular complexity index is 693. The number of likely N-dealkylation sites (N-methyl/N-ethyl adjacent to an activating group) is 1. The summed E-state index contributed by atoms with van der Waals surface area (Å²) in [4.78, 5) is 21.4. The highest BCUT2D eigenvalue weighted by atomic mass is 16.5. The Morgan fingerprint density at radius 3 is 2.83 bits per heavy atom. The summed E-state index contributed by atoms with van der Waals surface area (Å²) in [5.74, 6) is 0.181. The van der Waals surface area contributed by atoms with Gasteiger partial charge in [0.25, 0.3) is 0 Å². The molecule has 1 aliphatic heterocycles. The van der Waals surface area contributed by atoms with E-state index in [1.54, 1.807) is 6.20 Å². The van der Waals surface area contributed by atoms with Crippen LogP contribution >= 0.6 is 0 Å². The molecule has 1 amide bonds. The van der Waals surface area contributed by atoms with Gasteiger partial charge in [-0.15, -0.1) is 0 Å². The van der Waals surface area contributed by atoms with Crippen LogP contribution in [0.25, 0.3) is 10.9 Å². The molecular weight excluding hydrogens is 302 g/mol. The first-order valence-corrected chi connectivity index (χ1v) is 8.60. The maximum Gasteiger partial charge on any atom is 0.239 e. The highest BCUT2D eigenvalue weighted by Crippen LogP contribution is 2.19. The van der Waals surface area contributed by atoms with Crippen LogP contribution in [-0.4, -0.2) is 60.1 Å². The number of ether oxygens (including phenoxy) is 1. The monoisotopic (exact) mass is 327 g/mol. The molecule has 1 atom stereocenters. The van der Waals surface area contributed by atoms with Crippen molar-refractivity contribution in [2.75, 3.05) is 33.4 Å². The third kappa shape index (κ3) is 3.57. The molecule has 1 aliphatic rings. The van der Waals surface area contributed by atoms with Crippen molar-refractivity contribution >= 4 is 16.8 Å². The number of benzene rings is 1. The van der Waals surface area contributed by atoms with Crippen LogP contribution in [-0.2, 0) is 16.1 Å². The molecule has 2 heterocycles. The fraction of sp³-hybridized carbons (Fsp3) is 0.474. The number of morpholine rings is 1. The van der Waals surface area contributed by atoms with Crippen LogP contribution in [0.4, 0.5) is 0 Å². The van der Waals surface area contributed by atoms with Gasteiger partial charge in [-0.1, -0.05) is 25.1 Å². The fourth-order valence-electron chi connectivity index (χ4n) is 3.37. The molecule has 128 valence electrons. The van der Waals surface area contributed by atoms with Gasteiger partial charge < -0.3 is 9.64 Å². The Kier molecular flexibility index (Phi) is 5.43. The number of fused-ring (bicyclic) bond motifs is 1. The Hall–Kier alpha value is -1.98. The van der Waals surface area contributed by atoms with Crippen molar-refractivity contribution in [2.45, 2.75) is 25.9 Å². The number of carbonyl (C=O) groups excluding carboxylic acids is 1. The first-order chi connectivity index (χ1) is 11.7. The zero-order chi connectivity index (χ0) is 16.9. The highest BCUT2D eigenvalue weighted by Gasteiger charge is 2.28. The van der Waals surface area contributed by atoms with E-state index < -0.39 is 0 Å². The first kappa shape index (κ1) is 16.9. The molecular formula is C19H25N3O2. The van der Waals surface area contributed by atoms with Crippen molar-refractivity contribution in [1.29, 1.82) is 0 Å². The first-order valence-electron chi connectivity index (χ1n) is 8.60. The number of aromatic nitrogens is 1. The topological polar surface area (TPSA) is 45.7 Å². The average Bonchev–Trinajstić information content (AvgIpc) is 2.63. The standard InChI is InChI=1S/C19H25N3O2/c1-3-18(22-10-12-24-13-11-22)19(23)21(2)14-15-6-4-8-17-16(15)7-5-9-20-17/h4-9,18H,3,10-14H2,1-2H3. The lowest BCUT2D eigenvalue weighted by atomic mass is 10.1. The van der Waals surface area contributed by atoms with E-state index in [0.29, 0.717) is 19.8 Å². The molecule has 3 rings (SSSR count). The van der Waals surface area contributed by atoms with Crippen LogP contribution in [0.1, 0.15) is 18.9 Å². The van der Waals surface area contributed by atoms with E-state index in [0.717, 1.165) is 36.0 Å². The second-order valence-electron chi connectivity index (χ2n) is 6.25. The summed E-state index contributed by atoms with van der Waals surface area (Å²) in [6.45, 7) is 5.76. The molecule has 0 radical (unpaired) electrons. The number of hydrogen-bond donors (Lipinski definition) is 0. The molecule has 1 saturated heterocycles. The van der Waals surface area contributed by atoms with Gasteiger partial charge >= 0.3 is 0 Å². The minimum atomic E-state index is -0.0630. The van der Waals surface area contributed by atoms with Gasteiger partial charge in [0, 0.05) is 38.3 Å². The van der Waals surface area contributed by atoms with Crippen molar-refractivity contribution in [3.63, 3.8) is 0 Å². The molecule has 0 spiro atoms. The summed E-state index contributed by atoms with van der Waals surface area (Å²) in [5.41, 5.74) is 2.10. The van der Waals surface area contributed by atoms with Crippen molar-refractivity contribution in [1.82, 2.24) is 14.8 Å². The van der Waals surface area contributed by atoms with E-state index in [2.05, 4.69) is 28.9 Å². The van der Waals surface area contributed by atoms with Gasteiger partial charge in [-0.2, -0.15) is 0 Å². The summed E-state index contributed by atoms with van der Waals surface area (Å²) < 4.78 is 5.40. The molecule has 0 N–H and O–H groups in total. The van der Waals surface area contributed by atoms with Crippen molar-refractivity contribution in [3.8, 4) is 0 Å². The molecule has 0 saturated carbocycles. The summed E-state index contributed by atoms with van der Waals surface area (Å²) in [7, 11) is 1.89. The van der Waals surface area contributed by atoms with Crippen molar-refractivity contribution in [3.05, 3.63) is 42.1 Å². The van der Waals surface area contributed by atoms with Gasteiger partial charge in [0.05, 0.1) is 24.8 Å². The minimum absolute atomic E-state index is 0.0630. The predicted molar refractivity (Wildman–Crippen MR) is 94.7 cm³/mol. The zero-order valence-corrected chi connectivity index (χ0v) is 14.4. The second-order valence-corrected chi connectivity index (χ2v) is 6.25. The lowest BCUT2D eigenvalue weighted by Gasteiger charge is -2.35. The quantitative estimate of drug-likeness (QED) is 0.845. The summed E-state index contributed by atoms with van der Waals surface area (Å²) >= 11 is 0. The summed E-state index contributed by atoms with van der Waals surface area (Å²) in [5, 5.41) is 1.11. The number of rotatable bonds is 5. The van der Waals surface area contributed by atoms with E-state index in [4.69, 9.17) is 4.74 Å².